The summed E-state index contributed by atoms with van der Waals surface area (Å²) < 4.78 is 60.9. The number of hydrogen-bond acceptors (Lipinski definition) is 4. The number of rotatable bonds is 9. The van der Waals surface area contributed by atoms with E-state index in [1.165, 1.54) is 0 Å². The number of hydrogen-bond donors (Lipinski definition) is 0. The van der Waals surface area contributed by atoms with E-state index in [-0.39, 0.29) is 13.1 Å². The summed E-state index contributed by atoms with van der Waals surface area (Å²) in [5.41, 5.74) is 1.40. The van der Waals surface area contributed by atoms with E-state index in [9.17, 15) is 17.2 Å². The predicted octanol–water partition coefficient (Wildman–Crippen LogP) is 4.79. The van der Waals surface area contributed by atoms with Gasteiger partial charge in [0.1, 0.15) is 22.3 Å². The van der Waals surface area contributed by atoms with Crippen LogP contribution in [0.5, 0.6) is 5.75 Å². The van der Waals surface area contributed by atoms with Gasteiger partial charge in [-0.2, -0.15) is 4.31 Å². The molecule has 31 heavy (non-hydrogen) atoms. The van der Waals surface area contributed by atoms with Gasteiger partial charge in [0.2, 0.25) is 10.0 Å². The monoisotopic (exact) mass is 446 g/mol. The third-order valence-corrected chi connectivity index (χ3v) is 6.31. The molecule has 0 aliphatic rings. The third kappa shape index (κ3) is 6.08. The molecule has 0 fully saturated rings. The maximum absolute atomic E-state index is 14.3. The Hall–Kier alpha value is -2.84. The fourth-order valence-electron chi connectivity index (χ4n) is 2.90. The molecular weight excluding hydrogens is 422 g/mol. The summed E-state index contributed by atoms with van der Waals surface area (Å²) in [7, 11) is -4.24. The summed E-state index contributed by atoms with van der Waals surface area (Å²) in [5.74, 6) is -0.900. The second kappa shape index (κ2) is 9.98. The number of aromatic nitrogens is 1. The number of ether oxygens (including phenoxy) is 1. The van der Waals surface area contributed by atoms with Gasteiger partial charge in [-0.1, -0.05) is 26.0 Å². The Morgan fingerprint density at radius 1 is 0.935 bits per heavy atom. The Morgan fingerprint density at radius 2 is 1.55 bits per heavy atom. The van der Waals surface area contributed by atoms with Crippen LogP contribution in [0.1, 0.15) is 25.0 Å². The first-order chi connectivity index (χ1) is 14.8. The smallest absolute Gasteiger partial charge is 0.246 e. The van der Waals surface area contributed by atoms with E-state index in [1.54, 1.807) is 48.8 Å². The molecule has 164 valence electrons. The summed E-state index contributed by atoms with van der Waals surface area (Å²) in [5, 5.41) is 0. The number of halogens is 2. The fraction of sp³-hybridized carbons (Fsp3) is 0.261. The van der Waals surface area contributed by atoms with Crippen LogP contribution in [0.2, 0.25) is 0 Å². The maximum atomic E-state index is 14.3. The van der Waals surface area contributed by atoms with Crippen LogP contribution in [-0.4, -0.2) is 24.3 Å². The van der Waals surface area contributed by atoms with Gasteiger partial charge in [-0.05, 0) is 53.4 Å². The Morgan fingerprint density at radius 3 is 2.13 bits per heavy atom. The van der Waals surface area contributed by atoms with Crippen LogP contribution in [0.3, 0.4) is 0 Å². The second-order valence-corrected chi connectivity index (χ2v) is 9.46. The largest absolute Gasteiger partial charge is 0.493 e. The standard InChI is InChI=1S/C23H24F2N2O3S/c1-17(2)16-30-21-6-3-18(4-7-21)14-27(15-19-9-11-26-12-10-19)31(28,29)23-8-5-20(24)13-22(23)25/h3-13,17H,14-16H2,1-2H3. The quantitative estimate of drug-likeness (QED) is 0.474. The van der Waals surface area contributed by atoms with E-state index in [2.05, 4.69) is 4.98 Å². The molecule has 0 unspecified atom stereocenters. The number of sulfonamides is 1. The molecule has 0 radical (unpaired) electrons. The third-order valence-electron chi connectivity index (χ3n) is 4.49. The Balaban J connectivity index is 1.89. The predicted molar refractivity (Wildman–Crippen MR) is 114 cm³/mol. The molecule has 0 saturated heterocycles. The van der Waals surface area contributed by atoms with Gasteiger partial charge < -0.3 is 4.74 Å². The SMILES string of the molecule is CC(C)COc1ccc(CN(Cc2ccncc2)S(=O)(=O)c2ccc(F)cc2F)cc1. The summed E-state index contributed by atoms with van der Waals surface area (Å²) >= 11 is 0. The molecule has 1 aromatic heterocycles. The lowest BCUT2D eigenvalue weighted by atomic mass is 10.2. The highest BCUT2D eigenvalue weighted by Gasteiger charge is 2.28. The van der Waals surface area contributed by atoms with Gasteiger partial charge in [-0.3, -0.25) is 4.98 Å². The van der Waals surface area contributed by atoms with E-state index in [0.717, 1.165) is 16.4 Å². The van der Waals surface area contributed by atoms with Gasteiger partial charge in [-0.25, -0.2) is 17.2 Å². The zero-order valence-electron chi connectivity index (χ0n) is 17.3. The van der Waals surface area contributed by atoms with Gasteiger partial charge in [0.15, 0.2) is 0 Å². The molecule has 1 heterocycles. The highest BCUT2D eigenvalue weighted by atomic mass is 32.2. The van der Waals surface area contributed by atoms with Crippen LogP contribution in [0.25, 0.3) is 0 Å². The molecule has 0 saturated carbocycles. The average Bonchev–Trinajstić information content (AvgIpc) is 2.73. The zero-order valence-corrected chi connectivity index (χ0v) is 18.1. The summed E-state index contributed by atoms with van der Waals surface area (Å²) in [6.45, 7) is 4.68. The van der Waals surface area contributed by atoms with Crippen molar-refractivity contribution in [3.8, 4) is 5.75 Å². The summed E-state index contributed by atoms with van der Waals surface area (Å²) in [4.78, 5) is 3.37. The number of nitrogens with zero attached hydrogens (tertiary/aromatic N) is 2. The van der Waals surface area contributed by atoms with Crippen molar-refractivity contribution in [1.82, 2.24) is 9.29 Å². The highest BCUT2D eigenvalue weighted by molar-refractivity contribution is 7.89. The highest BCUT2D eigenvalue weighted by Crippen LogP contribution is 2.25. The van der Waals surface area contributed by atoms with Gasteiger partial charge in [0.05, 0.1) is 6.61 Å². The second-order valence-electron chi connectivity index (χ2n) is 7.55. The minimum atomic E-state index is -4.24. The van der Waals surface area contributed by atoms with Crippen LogP contribution in [0.15, 0.2) is 71.9 Å². The summed E-state index contributed by atoms with van der Waals surface area (Å²) in [6.07, 6.45) is 3.11. The normalized spacial score (nSPS) is 11.8. The lowest BCUT2D eigenvalue weighted by Gasteiger charge is -2.23. The Kier molecular flexibility index (Phi) is 7.35. The van der Waals surface area contributed by atoms with Crippen molar-refractivity contribution in [1.29, 1.82) is 0 Å². The van der Waals surface area contributed by atoms with Crippen molar-refractivity contribution >= 4 is 10.0 Å². The number of pyridine rings is 1. The molecule has 0 amide bonds. The Labute approximate surface area is 181 Å². The Bertz CT molecular complexity index is 1110. The van der Waals surface area contributed by atoms with Gasteiger partial charge in [0.25, 0.3) is 0 Å². The number of benzene rings is 2. The lowest BCUT2D eigenvalue weighted by molar-refractivity contribution is 0.271. The topological polar surface area (TPSA) is 59.5 Å². The van der Waals surface area contributed by atoms with Crippen LogP contribution in [-0.2, 0) is 23.1 Å². The van der Waals surface area contributed by atoms with Crippen molar-refractivity contribution in [2.24, 2.45) is 5.92 Å². The first-order valence-electron chi connectivity index (χ1n) is 9.81. The average molecular weight is 447 g/mol. The van der Waals surface area contributed by atoms with Crippen molar-refractivity contribution in [3.63, 3.8) is 0 Å². The molecule has 3 rings (SSSR count). The van der Waals surface area contributed by atoms with Crippen LogP contribution in [0, 0.1) is 17.6 Å². The van der Waals surface area contributed by atoms with Crippen molar-refractivity contribution in [3.05, 3.63) is 89.8 Å². The fourth-order valence-corrected chi connectivity index (χ4v) is 4.36. The van der Waals surface area contributed by atoms with Crippen LogP contribution < -0.4 is 4.74 Å². The van der Waals surface area contributed by atoms with Gasteiger partial charge in [0, 0.05) is 31.5 Å². The van der Waals surface area contributed by atoms with E-state index in [4.69, 9.17) is 4.74 Å². The lowest BCUT2D eigenvalue weighted by Crippen LogP contribution is -2.31. The molecule has 0 atom stereocenters. The van der Waals surface area contributed by atoms with Crippen LogP contribution >= 0.6 is 0 Å². The molecular formula is C23H24F2N2O3S. The van der Waals surface area contributed by atoms with E-state index in [1.807, 2.05) is 13.8 Å². The van der Waals surface area contributed by atoms with Crippen molar-refractivity contribution < 1.29 is 21.9 Å². The van der Waals surface area contributed by atoms with Gasteiger partial charge >= 0.3 is 0 Å². The van der Waals surface area contributed by atoms with E-state index < -0.39 is 26.6 Å². The molecule has 0 aliphatic carbocycles. The molecule has 0 spiro atoms. The molecule has 0 aliphatic heterocycles. The molecule has 5 nitrogen and oxygen atoms in total. The summed E-state index contributed by atoms with van der Waals surface area (Å²) in [6, 6.07) is 12.9. The van der Waals surface area contributed by atoms with Gasteiger partial charge in [-0.15, -0.1) is 0 Å². The first kappa shape index (κ1) is 22.8. The molecule has 0 bridgehead atoms. The molecule has 2 aromatic carbocycles. The molecule has 3 aromatic rings. The van der Waals surface area contributed by atoms with E-state index in [0.29, 0.717) is 35.5 Å². The first-order valence-corrected chi connectivity index (χ1v) is 11.3. The molecule has 0 N–H and O–H groups in total. The van der Waals surface area contributed by atoms with Crippen molar-refractivity contribution in [2.45, 2.75) is 31.8 Å². The van der Waals surface area contributed by atoms with Crippen LogP contribution in [0.4, 0.5) is 8.78 Å². The van der Waals surface area contributed by atoms with E-state index >= 15 is 0 Å². The minimum absolute atomic E-state index is 0.00589. The molecule has 8 heteroatoms. The minimum Gasteiger partial charge on any atom is -0.493 e. The zero-order chi connectivity index (χ0) is 22.4. The van der Waals surface area contributed by atoms with Crippen molar-refractivity contribution in [2.75, 3.05) is 6.61 Å². The maximum Gasteiger partial charge on any atom is 0.246 e.